The van der Waals surface area contributed by atoms with Crippen molar-refractivity contribution in [3.63, 3.8) is 0 Å². The largest absolute Gasteiger partial charge is 0.394 e. The molecule has 90 valence electrons. The molecule has 1 heterocycles. The molecule has 0 saturated heterocycles. The zero-order chi connectivity index (χ0) is 11.5. The number of hydrogen-bond acceptors (Lipinski definition) is 4. The van der Waals surface area contributed by atoms with Crippen molar-refractivity contribution in [1.82, 2.24) is 9.55 Å². The Kier molecular flexibility index (Phi) is 3.89. The normalized spacial score (nSPS) is 27.2. The van der Waals surface area contributed by atoms with Crippen molar-refractivity contribution < 1.29 is 5.11 Å². The van der Waals surface area contributed by atoms with Gasteiger partial charge in [0, 0.05) is 17.5 Å². The maximum absolute atomic E-state index is 9.13. The van der Waals surface area contributed by atoms with E-state index in [1.165, 1.54) is 19.3 Å². The molecule has 1 aliphatic carbocycles. The molecule has 0 aromatic carbocycles. The lowest BCUT2D eigenvalue weighted by Crippen LogP contribution is -2.23. The summed E-state index contributed by atoms with van der Waals surface area (Å²) in [6.07, 6.45) is 9.50. The first-order valence-electron chi connectivity index (χ1n) is 5.69. The Morgan fingerprint density at radius 2 is 2.50 bits per heavy atom. The summed E-state index contributed by atoms with van der Waals surface area (Å²) in [6, 6.07) is 0.177. The fourth-order valence-electron chi connectivity index (χ4n) is 2.47. The van der Waals surface area contributed by atoms with Crippen LogP contribution in [0.4, 0.5) is 0 Å². The Hall–Kier alpha value is -0.520. The van der Waals surface area contributed by atoms with Crippen molar-refractivity contribution in [3.8, 4) is 0 Å². The molecule has 1 aliphatic rings. The fraction of sp³-hybridized carbons (Fsp3) is 0.727. The van der Waals surface area contributed by atoms with Crippen molar-refractivity contribution in [3.05, 3.63) is 18.2 Å². The van der Waals surface area contributed by atoms with E-state index in [1.54, 1.807) is 6.20 Å². The van der Waals surface area contributed by atoms with E-state index in [0.29, 0.717) is 11.3 Å². The monoisotopic (exact) mass is 241 g/mol. The van der Waals surface area contributed by atoms with Crippen LogP contribution in [0, 0.1) is 0 Å². The number of rotatable bonds is 4. The Balaban J connectivity index is 2.22. The van der Waals surface area contributed by atoms with Crippen molar-refractivity contribution in [1.29, 1.82) is 0 Å². The number of nitrogens with zero attached hydrogens (tertiary/aromatic N) is 2. The van der Waals surface area contributed by atoms with Gasteiger partial charge in [-0.3, -0.25) is 0 Å². The van der Waals surface area contributed by atoms with Crippen LogP contribution in [-0.2, 0) is 0 Å². The third kappa shape index (κ3) is 2.12. The molecule has 1 fully saturated rings. The number of nitrogens with two attached hydrogens (primary N) is 1. The molecule has 0 aliphatic heterocycles. The Labute approximate surface area is 100 Å². The van der Waals surface area contributed by atoms with Gasteiger partial charge in [-0.15, -0.1) is 0 Å². The standard InChI is InChI=1S/C11H19N3OS/c1-16-11-4-2-3-9(11)14-7-13-5-10(14)8(12)6-15/h5,7-9,11,15H,2-4,6,12H2,1H3. The number of thioether (sulfide) groups is 1. The molecule has 4 nitrogen and oxygen atoms in total. The third-order valence-corrected chi connectivity index (χ3v) is 4.51. The van der Waals surface area contributed by atoms with Gasteiger partial charge >= 0.3 is 0 Å². The number of imidazole rings is 1. The number of hydrogen-bond donors (Lipinski definition) is 2. The summed E-state index contributed by atoms with van der Waals surface area (Å²) < 4.78 is 2.16. The molecule has 3 atom stereocenters. The van der Waals surface area contributed by atoms with E-state index in [-0.39, 0.29) is 12.6 Å². The van der Waals surface area contributed by atoms with Gasteiger partial charge in [0.05, 0.1) is 24.7 Å². The highest BCUT2D eigenvalue weighted by Gasteiger charge is 2.29. The highest BCUT2D eigenvalue weighted by Crippen LogP contribution is 2.38. The second-order valence-electron chi connectivity index (χ2n) is 4.29. The van der Waals surface area contributed by atoms with Gasteiger partial charge in [0.1, 0.15) is 0 Å². The fourth-order valence-corrected chi connectivity index (χ4v) is 3.46. The SMILES string of the molecule is CSC1CCCC1n1cncc1C(N)CO. The Bertz CT molecular complexity index is 342. The van der Waals surface area contributed by atoms with Crippen molar-refractivity contribution >= 4 is 11.8 Å². The van der Waals surface area contributed by atoms with Gasteiger partial charge in [0.25, 0.3) is 0 Å². The van der Waals surface area contributed by atoms with Crippen molar-refractivity contribution in [2.45, 2.75) is 36.6 Å². The number of aliphatic hydroxyl groups is 1. The first kappa shape index (κ1) is 12.0. The second kappa shape index (κ2) is 5.21. The molecule has 2 rings (SSSR count). The van der Waals surface area contributed by atoms with Gasteiger partial charge in [0.2, 0.25) is 0 Å². The van der Waals surface area contributed by atoms with E-state index in [2.05, 4.69) is 15.8 Å². The molecule has 1 saturated carbocycles. The van der Waals surface area contributed by atoms with E-state index in [1.807, 2.05) is 18.1 Å². The summed E-state index contributed by atoms with van der Waals surface area (Å²) in [7, 11) is 0. The van der Waals surface area contributed by atoms with Crippen LogP contribution in [0.25, 0.3) is 0 Å². The minimum absolute atomic E-state index is 0.0254. The van der Waals surface area contributed by atoms with Gasteiger partial charge in [0.15, 0.2) is 0 Å². The van der Waals surface area contributed by atoms with Gasteiger partial charge in [-0.1, -0.05) is 6.42 Å². The summed E-state index contributed by atoms with van der Waals surface area (Å²) in [5.74, 6) is 0. The predicted molar refractivity (Wildman–Crippen MR) is 66.4 cm³/mol. The van der Waals surface area contributed by atoms with Crippen LogP contribution in [-0.4, -0.2) is 32.8 Å². The topological polar surface area (TPSA) is 64.1 Å². The molecule has 3 unspecified atom stereocenters. The molecular formula is C11H19N3OS. The summed E-state index contributed by atoms with van der Waals surface area (Å²) in [4.78, 5) is 4.17. The maximum Gasteiger partial charge on any atom is 0.0951 e. The van der Waals surface area contributed by atoms with Gasteiger partial charge < -0.3 is 15.4 Å². The second-order valence-corrected chi connectivity index (χ2v) is 5.36. The zero-order valence-electron chi connectivity index (χ0n) is 9.54. The molecule has 0 amide bonds. The molecule has 5 heteroatoms. The van der Waals surface area contributed by atoms with Crippen molar-refractivity contribution in [2.24, 2.45) is 5.73 Å². The minimum Gasteiger partial charge on any atom is -0.394 e. The van der Waals surface area contributed by atoms with Gasteiger partial charge in [-0.25, -0.2) is 4.98 Å². The van der Waals surface area contributed by atoms with Crippen LogP contribution < -0.4 is 5.73 Å². The van der Waals surface area contributed by atoms with E-state index in [0.717, 1.165) is 5.69 Å². The van der Waals surface area contributed by atoms with Crippen LogP contribution in [0.3, 0.4) is 0 Å². The molecule has 1 aromatic rings. The van der Waals surface area contributed by atoms with E-state index in [9.17, 15) is 0 Å². The van der Waals surface area contributed by atoms with E-state index in [4.69, 9.17) is 10.8 Å². The van der Waals surface area contributed by atoms with Crippen molar-refractivity contribution in [2.75, 3.05) is 12.9 Å². The predicted octanol–water partition coefficient (Wildman–Crippen LogP) is 1.33. The van der Waals surface area contributed by atoms with E-state index < -0.39 is 0 Å². The molecule has 16 heavy (non-hydrogen) atoms. The zero-order valence-corrected chi connectivity index (χ0v) is 10.4. The molecule has 0 spiro atoms. The molecule has 3 N–H and O–H groups in total. The Morgan fingerprint density at radius 3 is 3.19 bits per heavy atom. The summed E-state index contributed by atoms with van der Waals surface area (Å²) >= 11 is 1.91. The van der Waals surface area contributed by atoms with Gasteiger partial charge in [-0.2, -0.15) is 11.8 Å². The lowest BCUT2D eigenvalue weighted by molar-refractivity contribution is 0.261. The molecule has 0 bridgehead atoms. The molecular weight excluding hydrogens is 222 g/mol. The maximum atomic E-state index is 9.13. The van der Waals surface area contributed by atoms with Crippen LogP contribution in [0.15, 0.2) is 12.5 Å². The van der Waals surface area contributed by atoms with Crippen LogP contribution in [0.5, 0.6) is 0 Å². The Morgan fingerprint density at radius 1 is 1.69 bits per heavy atom. The lowest BCUT2D eigenvalue weighted by Gasteiger charge is -2.23. The lowest BCUT2D eigenvalue weighted by atomic mass is 10.2. The number of aromatic nitrogens is 2. The molecule has 0 radical (unpaired) electrons. The average molecular weight is 241 g/mol. The van der Waals surface area contributed by atoms with Crippen LogP contribution >= 0.6 is 11.8 Å². The quantitative estimate of drug-likeness (QED) is 0.835. The summed E-state index contributed by atoms with van der Waals surface area (Å²) in [6.45, 7) is -0.0254. The van der Waals surface area contributed by atoms with Gasteiger partial charge in [-0.05, 0) is 19.1 Å². The summed E-state index contributed by atoms with van der Waals surface area (Å²) in [5.41, 5.74) is 6.83. The highest BCUT2D eigenvalue weighted by atomic mass is 32.2. The highest BCUT2D eigenvalue weighted by molar-refractivity contribution is 7.99. The first-order chi connectivity index (χ1) is 7.77. The third-order valence-electron chi connectivity index (χ3n) is 3.35. The van der Waals surface area contributed by atoms with E-state index >= 15 is 0 Å². The smallest absolute Gasteiger partial charge is 0.0951 e. The van der Waals surface area contributed by atoms with Crippen LogP contribution in [0.1, 0.15) is 37.0 Å². The molecule has 1 aromatic heterocycles. The number of aliphatic hydroxyl groups excluding tert-OH is 1. The van der Waals surface area contributed by atoms with Crippen LogP contribution in [0.2, 0.25) is 0 Å². The first-order valence-corrected chi connectivity index (χ1v) is 6.97. The summed E-state index contributed by atoms with van der Waals surface area (Å²) in [5, 5.41) is 9.78. The average Bonchev–Trinajstić information content (AvgIpc) is 2.94. The minimum atomic E-state index is -0.314.